The summed E-state index contributed by atoms with van der Waals surface area (Å²) in [6.45, 7) is 2.39. The van der Waals surface area contributed by atoms with Crippen molar-refractivity contribution in [1.82, 2.24) is 4.98 Å². The molecule has 0 fully saturated rings. The normalized spacial score (nSPS) is 10.5. The van der Waals surface area contributed by atoms with Gasteiger partial charge in [-0.1, -0.05) is 12.1 Å². The van der Waals surface area contributed by atoms with Gasteiger partial charge in [0.25, 0.3) is 0 Å². The zero-order chi connectivity index (χ0) is 15.6. The lowest BCUT2D eigenvalue weighted by Gasteiger charge is -2.12. The van der Waals surface area contributed by atoms with Gasteiger partial charge in [-0.3, -0.25) is 0 Å². The fourth-order valence-electron chi connectivity index (χ4n) is 2.28. The van der Waals surface area contributed by atoms with Crippen molar-refractivity contribution in [3.8, 4) is 0 Å². The van der Waals surface area contributed by atoms with E-state index in [1.54, 1.807) is 6.20 Å². The molecule has 0 radical (unpaired) electrons. The van der Waals surface area contributed by atoms with Crippen LogP contribution >= 0.6 is 0 Å². The van der Waals surface area contributed by atoms with E-state index in [2.05, 4.69) is 21.7 Å². The fraction of sp³-hybridized carbons (Fsp3) is 0.353. The molecule has 5 nitrogen and oxygen atoms in total. The molecule has 5 N–H and O–H groups in total. The first-order valence-corrected chi connectivity index (χ1v) is 7.65. The molecule has 0 spiro atoms. The summed E-state index contributed by atoms with van der Waals surface area (Å²) in [7, 11) is 0. The first-order valence-electron chi connectivity index (χ1n) is 7.65. The number of rotatable bonds is 9. The Bertz CT molecular complexity index is 560. The first kappa shape index (κ1) is 16.3. The molecule has 2 rings (SSSR count). The molecule has 0 saturated carbocycles. The molecule has 0 amide bonds. The van der Waals surface area contributed by atoms with Crippen molar-refractivity contribution in [2.45, 2.75) is 19.4 Å². The Morgan fingerprint density at radius 2 is 1.91 bits per heavy atom. The largest absolute Gasteiger partial charge is 0.392 e. The lowest BCUT2D eigenvalue weighted by atomic mass is 10.0. The minimum absolute atomic E-state index is 0.0591. The molecule has 5 heteroatoms. The minimum Gasteiger partial charge on any atom is -0.392 e. The van der Waals surface area contributed by atoms with Gasteiger partial charge in [-0.15, -0.1) is 0 Å². The molecule has 1 heterocycles. The Morgan fingerprint density at radius 3 is 2.64 bits per heavy atom. The number of aliphatic hydroxyl groups is 1. The minimum atomic E-state index is 0.0591. The van der Waals surface area contributed by atoms with E-state index in [0.717, 1.165) is 48.6 Å². The Kier molecular flexibility index (Phi) is 6.67. The van der Waals surface area contributed by atoms with Gasteiger partial charge in [-0.25, -0.2) is 4.98 Å². The van der Waals surface area contributed by atoms with Crippen LogP contribution in [0.25, 0.3) is 0 Å². The summed E-state index contributed by atoms with van der Waals surface area (Å²) in [6, 6.07) is 11.9. The van der Waals surface area contributed by atoms with E-state index in [0.29, 0.717) is 6.54 Å². The Balaban J connectivity index is 1.75. The van der Waals surface area contributed by atoms with Gasteiger partial charge in [0.2, 0.25) is 0 Å². The number of hydrogen-bond acceptors (Lipinski definition) is 5. The summed E-state index contributed by atoms with van der Waals surface area (Å²) >= 11 is 0. The Morgan fingerprint density at radius 1 is 1.05 bits per heavy atom. The van der Waals surface area contributed by atoms with E-state index in [1.807, 2.05) is 30.3 Å². The SMILES string of the molecule is NCCc1cc(NCCCNc2ccccn2)ccc1CO. The molecule has 0 aliphatic carbocycles. The summed E-state index contributed by atoms with van der Waals surface area (Å²) in [5.74, 6) is 0.903. The molecule has 1 aromatic heterocycles. The topological polar surface area (TPSA) is 83.2 Å². The number of nitrogens with one attached hydrogen (secondary N) is 2. The molecular weight excluding hydrogens is 276 g/mol. The van der Waals surface area contributed by atoms with Gasteiger partial charge in [0.1, 0.15) is 5.82 Å². The maximum absolute atomic E-state index is 9.31. The number of nitrogens with two attached hydrogens (primary N) is 1. The number of hydrogen-bond donors (Lipinski definition) is 4. The fourth-order valence-corrected chi connectivity index (χ4v) is 2.28. The zero-order valence-corrected chi connectivity index (χ0v) is 12.8. The van der Waals surface area contributed by atoms with E-state index in [9.17, 15) is 5.11 Å². The van der Waals surface area contributed by atoms with Gasteiger partial charge >= 0.3 is 0 Å². The highest BCUT2D eigenvalue weighted by Gasteiger charge is 2.02. The molecule has 0 bridgehead atoms. The van der Waals surface area contributed by atoms with Crippen LogP contribution in [0.15, 0.2) is 42.6 Å². The summed E-state index contributed by atoms with van der Waals surface area (Å²) in [6.07, 6.45) is 3.56. The van der Waals surface area contributed by atoms with Gasteiger partial charge in [0.15, 0.2) is 0 Å². The molecule has 0 atom stereocenters. The van der Waals surface area contributed by atoms with Crippen LogP contribution < -0.4 is 16.4 Å². The smallest absolute Gasteiger partial charge is 0.125 e. The van der Waals surface area contributed by atoms with E-state index in [1.165, 1.54) is 0 Å². The quantitative estimate of drug-likeness (QED) is 0.532. The number of pyridine rings is 1. The highest BCUT2D eigenvalue weighted by atomic mass is 16.3. The lowest BCUT2D eigenvalue weighted by molar-refractivity contribution is 0.280. The molecule has 118 valence electrons. The molecular formula is C17H24N4O. The van der Waals surface area contributed by atoms with Crippen LogP contribution in [0, 0.1) is 0 Å². The van der Waals surface area contributed by atoms with Crippen molar-refractivity contribution in [1.29, 1.82) is 0 Å². The number of aromatic nitrogens is 1. The number of anilines is 2. The average molecular weight is 300 g/mol. The van der Waals surface area contributed by atoms with Crippen LogP contribution in [0.5, 0.6) is 0 Å². The summed E-state index contributed by atoms with van der Waals surface area (Å²) in [5, 5.41) is 16.0. The zero-order valence-electron chi connectivity index (χ0n) is 12.8. The number of aliphatic hydroxyl groups excluding tert-OH is 1. The monoisotopic (exact) mass is 300 g/mol. The third-order valence-corrected chi connectivity index (χ3v) is 3.44. The van der Waals surface area contributed by atoms with E-state index >= 15 is 0 Å². The van der Waals surface area contributed by atoms with Crippen molar-refractivity contribution in [2.24, 2.45) is 5.73 Å². The van der Waals surface area contributed by atoms with E-state index in [4.69, 9.17) is 5.73 Å². The van der Waals surface area contributed by atoms with Crippen molar-refractivity contribution in [2.75, 3.05) is 30.3 Å². The molecule has 0 aliphatic rings. The van der Waals surface area contributed by atoms with Crippen LogP contribution in [0.1, 0.15) is 17.5 Å². The van der Waals surface area contributed by atoms with Crippen LogP contribution in [0.4, 0.5) is 11.5 Å². The van der Waals surface area contributed by atoms with Crippen LogP contribution in [-0.2, 0) is 13.0 Å². The first-order chi connectivity index (χ1) is 10.8. The molecule has 0 saturated heterocycles. The predicted molar refractivity (Wildman–Crippen MR) is 91.0 cm³/mol. The highest BCUT2D eigenvalue weighted by molar-refractivity contribution is 5.48. The van der Waals surface area contributed by atoms with Gasteiger partial charge in [-0.2, -0.15) is 0 Å². The van der Waals surface area contributed by atoms with Crippen LogP contribution in [-0.4, -0.2) is 29.7 Å². The maximum atomic E-state index is 9.31. The third-order valence-electron chi connectivity index (χ3n) is 3.44. The average Bonchev–Trinajstić information content (AvgIpc) is 2.56. The van der Waals surface area contributed by atoms with Crippen LogP contribution in [0.3, 0.4) is 0 Å². The summed E-state index contributed by atoms with van der Waals surface area (Å²) in [5.41, 5.74) is 8.75. The maximum Gasteiger partial charge on any atom is 0.125 e. The molecule has 0 unspecified atom stereocenters. The van der Waals surface area contributed by atoms with Gasteiger partial charge in [0, 0.05) is 25.0 Å². The van der Waals surface area contributed by atoms with E-state index in [-0.39, 0.29) is 6.61 Å². The highest BCUT2D eigenvalue weighted by Crippen LogP contribution is 2.16. The standard InChI is InChI=1S/C17H24N4O/c18-8-7-14-12-16(6-5-15(14)13-22)19-10-3-11-21-17-4-1-2-9-20-17/h1-2,4-6,9,12,19,22H,3,7-8,10-11,13,18H2,(H,20,21). The number of benzene rings is 1. The molecule has 22 heavy (non-hydrogen) atoms. The second kappa shape index (κ2) is 9.02. The van der Waals surface area contributed by atoms with Crippen LogP contribution in [0.2, 0.25) is 0 Å². The summed E-state index contributed by atoms with van der Waals surface area (Å²) < 4.78 is 0. The summed E-state index contributed by atoms with van der Waals surface area (Å²) in [4.78, 5) is 4.22. The van der Waals surface area contributed by atoms with E-state index < -0.39 is 0 Å². The molecule has 2 aromatic rings. The third kappa shape index (κ3) is 5.02. The Hall–Kier alpha value is -2.11. The van der Waals surface area contributed by atoms with Crippen molar-refractivity contribution >= 4 is 11.5 Å². The van der Waals surface area contributed by atoms with Gasteiger partial charge in [-0.05, 0) is 54.8 Å². The van der Waals surface area contributed by atoms with Crippen molar-refractivity contribution in [3.63, 3.8) is 0 Å². The second-order valence-electron chi connectivity index (χ2n) is 5.10. The lowest BCUT2D eigenvalue weighted by Crippen LogP contribution is -2.11. The van der Waals surface area contributed by atoms with Crippen molar-refractivity contribution in [3.05, 3.63) is 53.7 Å². The second-order valence-corrected chi connectivity index (χ2v) is 5.10. The Labute approximate surface area is 131 Å². The molecule has 1 aromatic carbocycles. The number of nitrogens with zero attached hydrogens (tertiary/aromatic N) is 1. The predicted octanol–water partition coefficient (Wildman–Crippen LogP) is 1.99. The van der Waals surface area contributed by atoms with Crippen molar-refractivity contribution < 1.29 is 5.11 Å². The van der Waals surface area contributed by atoms with Gasteiger partial charge < -0.3 is 21.5 Å². The van der Waals surface area contributed by atoms with Gasteiger partial charge in [0.05, 0.1) is 6.61 Å². The molecule has 0 aliphatic heterocycles.